The fourth-order valence-electron chi connectivity index (χ4n) is 2.73. The van der Waals surface area contributed by atoms with Crippen molar-refractivity contribution in [2.75, 3.05) is 6.61 Å². The molecular formula is C17H19N3O3. The normalized spacial score (nSPS) is 20.9. The Labute approximate surface area is 133 Å². The van der Waals surface area contributed by atoms with Gasteiger partial charge in [0.25, 0.3) is 11.5 Å². The molecule has 1 fully saturated rings. The molecule has 1 saturated heterocycles. The zero-order valence-corrected chi connectivity index (χ0v) is 12.9. The quantitative estimate of drug-likeness (QED) is 0.904. The van der Waals surface area contributed by atoms with Crippen LogP contribution in [-0.2, 0) is 4.74 Å². The van der Waals surface area contributed by atoms with E-state index >= 15 is 0 Å². The van der Waals surface area contributed by atoms with Crippen molar-refractivity contribution in [2.24, 2.45) is 0 Å². The number of amides is 1. The Balaban J connectivity index is 1.76. The molecule has 0 aliphatic carbocycles. The first kappa shape index (κ1) is 15.4. The van der Waals surface area contributed by atoms with Crippen molar-refractivity contribution in [1.29, 1.82) is 0 Å². The van der Waals surface area contributed by atoms with Gasteiger partial charge in [-0.1, -0.05) is 29.8 Å². The van der Waals surface area contributed by atoms with E-state index in [1.54, 1.807) is 0 Å². The van der Waals surface area contributed by atoms with Gasteiger partial charge in [-0.3, -0.25) is 9.59 Å². The van der Waals surface area contributed by atoms with Crippen molar-refractivity contribution in [2.45, 2.75) is 31.9 Å². The first-order chi connectivity index (χ1) is 11.1. The lowest BCUT2D eigenvalue weighted by Gasteiger charge is -2.32. The molecule has 0 radical (unpaired) electrons. The second-order valence-corrected chi connectivity index (χ2v) is 5.73. The Morgan fingerprint density at radius 1 is 1.26 bits per heavy atom. The summed E-state index contributed by atoms with van der Waals surface area (Å²) < 4.78 is 5.88. The minimum absolute atomic E-state index is 0.118. The van der Waals surface area contributed by atoms with Crippen LogP contribution >= 0.6 is 0 Å². The van der Waals surface area contributed by atoms with Crippen molar-refractivity contribution in [3.63, 3.8) is 0 Å². The van der Waals surface area contributed by atoms with Crippen molar-refractivity contribution in [3.05, 3.63) is 63.6 Å². The molecule has 120 valence electrons. The van der Waals surface area contributed by atoms with E-state index < -0.39 is 0 Å². The molecule has 1 amide bonds. The number of H-pyrrole nitrogens is 1. The SMILES string of the molecule is Cc1ccc([C@@H]2OCCC[C@@H]2NC(=O)c2ccc(=O)[nH]n2)cc1. The van der Waals surface area contributed by atoms with Crippen LogP contribution in [0.5, 0.6) is 0 Å². The number of aryl methyl sites for hydroxylation is 1. The smallest absolute Gasteiger partial charge is 0.272 e. The summed E-state index contributed by atoms with van der Waals surface area (Å²) in [6, 6.07) is 10.7. The third-order valence-electron chi connectivity index (χ3n) is 3.96. The Morgan fingerprint density at radius 3 is 2.74 bits per heavy atom. The Kier molecular flexibility index (Phi) is 4.52. The molecule has 6 nitrogen and oxygen atoms in total. The molecule has 1 aliphatic rings. The van der Waals surface area contributed by atoms with Gasteiger partial charge in [0.05, 0.1) is 6.04 Å². The molecule has 1 aromatic heterocycles. The molecule has 2 heterocycles. The van der Waals surface area contributed by atoms with Crippen LogP contribution < -0.4 is 10.9 Å². The molecule has 2 aromatic rings. The Morgan fingerprint density at radius 2 is 2.04 bits per heavy atom. The van der Waals surface area contributed by atoms with E-state index in [1.165, 1.54) is 17.7 Å². The van der Waals surface area contributed by atoms with Gasteiger partial charge in [0.1, 0.15) is 11.8 Å². The summed E-state index contributed by atoms with van der Waals surface area (Å²) in [4.78, 5) is 23.3. The molecule has 0 spiro atoms. The van der Waals surface area contributed by atoms with Crippen LogP contribution in [0.4, 0.5) is 0 Å². The van der Waals surface area contributed by atoms with E-state index in [-0.39, 0.29) is 29.3 Å². The van der Waals surface area contributed by atoms with E-state index in [0.29, 0.717) is 6.61 Å². The van der Waals surface area contributed by atoms with E-state index in [4.69, 9.17) is 4.74 Å². The number of rotatable bonds is 3. The molecule has 0 saturated carbocycles. The van der Waals surface area contributed by atoms with Crippen molar-refractivity contribution >= 4 is 5.91 Å². The van der Waals surface area contributed by atoms with Gasteiger partial charge in [-0.05, 0) is 31.4 Å². The number of benzene rings is 1. The molecule has 0 unspecified atom stereocenters. The zero-order chi connectivity index (χ0) is 16.2. The highest BCUT2D eigenvalue weighted by Gasteiger charge is 2.29. The number of hydrogen-bond donors (Lipinski definition) is 2. The second-order valence-electron chi connectivity index (χ2n) is 5.73. The van der Waals surface area contributed by atoms with Crippen molar-refractivity contribution in [3.8, 4) is 0 Å². The van der Waals surface area contributed by atoms with Gasteiger partial charge >= 0.3 is 0 Å². The number of nitrogens with zero attached hydrogens (tertiary/aromatic N) is 1. The fraction of sp³-hybridized carbons (Fsp3) is 0.353. The molecule has 2 N–H and O–H groups in total. The first-order valence-electron chi connectivity index (χ1n) is 7.68. The molecule has 0 bridgehead atoms. The molecule has 23 heavy (non-hydrogen) atoms. The highest BCUT2D eigenvalue weighted by Crippen LogP contribution is 2.28. The third-order valence-corrected chi connectivity index (χ3v) is 3.96. The van der Waals surface area contributed by atoms with Gasteiger partial charge in [0.15, 0.2) is 0 Å². The average molecular weight is 313 g/mol. The van der Waals surface area contributed by atoms with Gasteiger partial charge in [-0.15, -0.1) is 0 Å². The molecular weight excluding hydrogens is 294 g/mol. The molecule has 6 heteroatoms. The highest BCUT2D eigenvalue weighted by atomic mass is 16.5. The van der Waals surface area contributed by atoms with Crippen molar-refractivity contribution in [1.82, 2.24) is 15.5 Å². The van der Waals surface area contributed by atoms with Gasteiger partial charge < -0.3 is 10.1 Å². The minimum atomic E-state index is -0.333. The molecule has 1 aliphatic heterocycles. The lowest BCUT2D eigenvalue weighted by molar-refractivity contribution is -0.00952. The lowest BCUT2D eigenvalue weighted by atomic mass is 9.95. The number of nitrogens with one attached hydrogen (secondary N) is 2. The first-order valence-corrected chi connectivity index (χ1v) is 7.68. The monoisotopic (exact) mass is 313 g/mol. The van der Waals surface area contributed by atoms with Crippen LogP contribution in [-0.4, -0.2) is 28.8 Å². The van der Waals surface area contributed by atoms with Gasteiger partial charge in [0.2, 0.25) is 0 Å². The maximum absolute atomic E-state index is 12.3. The van der Waals surface area contributed by atoms with E-state index in [1.807, 2.05) is 31.2 Å². The predicted molar refractivity (Wildman–Crippen MR) is 85.2 cm³/mol. The van der Waals surface area contributed by atoms with Gasteiger partial charge in [-0.25, -0.2) is 5.10 Å². The summed E-state index contributed by atoms with van der Waals surface area (Å²) in [5.74, 6) is -0.311. The minimum Gasteiger partial charge on any atom is -0.371 e. The fourth-order valence-corrected chi connectivity index (χ4v) is 2.73. The number of aromatic nitrogens is 2. The zero-order valence-electron chi connectivity index (χ0n) is 12.9. The van der Waals surface area contributed by atoms with Crippen LogP contribution in [0.15, 0.2) is 41.2 Å². The summed E-state index contributed by atoms with van der Waals surface area (Å²) in [6.45, 7) is 2.72. The van der Waals surface area contributed by atoms with E-state index in [2.05, 4.69) is 15.5 Å². The van der Waals surface area contributed by atoms with Crippen LogP contribution in [0.2, 0.25) is 0 Å². The van der Waals surface area contributed by atoms with Gasteiger partial charge in [-0.2, -0.15) is 5.10 Å². The Bertz CT molecular complexity index is 719. The second kappa shape index (κ2) is 6.75. The molecule has 2 atom stereocenters. The van der Waals surface area contributed by atoms with Crippen molar-refractivity contribution < 1.29 is 9.53 Å². The maximum Gasteiger partial charge on any atom is 0.272 e. The molecule has 1 aromatic carbocycles. The number of carbonyl (C=O) groups excluding carboxylic acids is 1. The summed E-state index contributed by atoms with van der Waals surface area (Å²) in [5.41, 5.74) is 2.09. The van der Waals surface area contributed by atoms with Crippen LogP contribution in [0, 0.1) is 6.92 Å². The van der Waals surface area contributed by atoms with E-state index in [9.17, 15) is 9.59 Å². The average Bonchev–Trinajstić information content (AvgIpc) is 2.57. The van der Waals surface area contributed by atoms with Crippen LogP contribution in [0.1, 0.15) is 40.6 Å². The largest absolute Gasteiger partial charge is 0.371 e. The van der Waals surface area contributed by atoms with Gasteiger partial charge in [0, 0.05) is 12.7 Å². The standard InChI is InChI=1S/C17H19N3O3/c1-11-4-6-12(7-5-11)16-13(3-2-10-23-16)18-17(22)14-8-9-15(21)20-19-14/h4-9,13,16H,2-3,10H2,1H3,(H,18,22)(H,20,21)/t13-,16-/m0/s1. The highest BCUT2D eigenvalue weighted by molar-refractivity contribution is 5.92. The summed E-state index contributed by atoms with van der Waals surface area (Å²) in [6.07, 6.45) is 1.57. The summed E-state index contributed by atoms with van der Waals surface area (Å²) in [7, 11) is 0. The number of aromatic amines is 1. The predicted octanol–water partition coefficient (Wildman–Crippen LogP) is 1.73. The van der Waals surface area contributed by atoms with Crippen LogP contribution in [0.25, 0.3) is 0 Å². The number of hydrogen-bond acceptors (Lipinski definition) is 4. The van der Waals surface area contributed by atoms with Crippen LogP contribution in [0.3, 0.4) is 0 Å². The number of carbonyl (C=O) groups is 1. The summed E-state index contributed by atoms with van der Waals surface area (Å²) in [5, 5.41) is 9.00. The topological polar surface area (TPSA) is 84.1 Å². The summed E-state index contributed by atoms with van der Waals surface area (Å²) >= 11 is 0. The molecule has 3 rings (SSSR count). The third kappa shape index (κ3) is 3.65. The van der Waals surface area contributed by atoms with E-state index in [0.717, 1.165) is 18.4 Å². The number of ether oxygens (including phenoxy) is 1. The lowest BCUT2D eigenvalue weighted by Crippen LogP contribution is -2.43. The Hall–Kier alpha value is -2.47. The maximum atomic E-state index is 12.3.